The van der Waals surface area contributed by atoms with Crippen molar-refractivity contribution in [2.24, 2.45) is 0 Å². The third-order valence-corrected chi connectivity index (χ3v) is 5.22. The van der Waals surface area contributed by atoms with Crippen LogP contribution in [-0.2, 0) is 4.74 Å². The lowest BCUT2D eigenvalue weighted by atomic mass is 10.1. The summed E-state index contributed by atoms with van der Waals surface area (Å²) in [7, 11) is 0. The second-order valence-electron chi connectivity index (χ2n) is 5.00. The summed E-state index contributed by atoms with van der Waals surface area (Å²) >= 11 is 13.5. The number of nitrogen functional groups attached to an aromatic ring is 1. The highest BCUT2D eigenvalue weighted by molar-refractivity contribution is 7.23. The second-order valence-corrected chi connectivity index (χ2v) is 6.87. The third-order valence-electron chi connectivity index (χ3n) is 3.42. The number of rotatable bonds is 4. The average Bonchev–Trinajstić information content (AvgIpc) is 2.90. The Labute approximate surface area is 153 Å². The van der Waals surface area contributed by atoms with Crippen molar-refractivity contribution < 1.29 is 9.53 Å². The van der Waals surface area contributed by atoms with Crippen LogP contribution in [0.5, 0.6) is 0 Å². The van der Waals surface area contributed by atoms with Gasteiger partial charge in [-0.2, -0.15) is 0 Å². The molecule has 0 saturated carbocycles. The molecule has 2 aromatic carbocycles. The molecule has 0 aliphatic heterocycles. The Bertz CT molecular complexity index is 924. The summed E-state index contributed by atoms with van der Waals surface area (Å²) in [5.74, 6) is -0.379. The highest BCUT2D eigenvalue weighted by Crippen LogP contribution is 2.40. The molecule has 124 valence electrons. The summed E-state index contributed by atoms with van der Waals surface area (Å²) in [5, 5.41) is 5.43. The van der Waals surface area contributed by atoms with E-state index in [-0.39, 0.29) is 5.97 Å². The number of nitrogens with one attached hydrogen (secondary N) is 1. The van der Waals surface area contributed by atoms with Crippen LogP contribution in [0.2, 0.25) is 10.0 Å². The largest absolute Gasteiger partial charge is 0.462 e. The van der Waals surface area contributed by atoms with E-state index < -0.39 is 0 Å². The summed E-state index contributed by atoms with van der Waals surface area (Å²) < 4.78 is 6.17. The number of nitrogens with two attached hydrogens (primary N) is 1. The molecule has 0 aliphatic carbocycles. The molecule has 0 unspecified atom stereocenters. The molecule has 0 aliphatic rings. The summed E-state index contributed by atoms with van der Waals surface area (Å²) in [6, 6.07) is 10.9. The van der Waals surface area contributed by atoms with E-state index in [1.165, 1.54) is 11.3 Å². The zero-order valence-corrected chi connectivity index (χ0v) is 15.1. The van der Waals surface area contributed by atoms with Gasteiger partial charge in [0.25, 0.3) is 0 Å². The highest BCUT2D eigenvalue weighted by atomic mass is 35.5. The van der Waals surface area contributed by atoms with Crippen molar-refractivity contribution in [3.8, 4) is 0 Å². The topological polar surface area (TPSA) is 64.3 Å². The molecule has 3 rings (SSSR count). The monoisotopic (exact) mass is 380 g/mol. The number of halogens is 2. The maximum Gasteiger partial charge on any atom is 0.341 e. The van der Waals surface area contributed by atoms with E-state index in [1.54, 1.807) is 19.1 Å². The van der Waals surface area contributed by atoms with Crippen molar-refractivity contribution in [3.63, 3.8) is 0 Å². The highest BCUT2D eigenvalue weighted by Gasteiger charge is 2.21. The van der Waals surface area contributed by atoms with Crippen LogP contribution in [0.25, 0.3) is 10.1 Å². The van der Waals surface area contributed by atoms with Gasteiger partial charge < -0.3 is 15.8 Å². The fraction of sp³-hybridized carbons (Fsp3) is 0.118. The van der Waals surface area contributed by atoms with E-state index in [1.807, 2.05) is 24.3 Å². The van der Waals surface area contributed by atoms with E-state index in [0.29, 0.717) is 38.6 Å². The molecular weight excluding hydrogens is 367 g/mol. The first kappa shape index (κ1) is 16.9. The molecule has 1 heterocycles. The molecule has 0 spiro atoms. The van der Waals surface area contributed by atoms with Crippen LogP contribution in [-0.4, -0.2) is 12.6 Å². The van der Waals surface area contributed by atoms with Crippen molar-refractivity contribution in [1.29, 1.82) is 0 Å². The van der Waals surface area contributed by atoms with Crippen molar-refractivity contribution >= 4 is 67.0 Å². The van der Waals surface area contributed by atoms with Crippen LogP contribution in [0, 0.1) is 0 Å². The van der Waals surface area contributed by atoms with Crippen LogP contribution < -0.4 is 11.1 Å². The molecule has 7 heteroatoms. The van der Waals surface area contributed by atoms with E-state index in [4.69, 9.17) is 33.7 Å². The third kappa shape index (κ3) is 3.15. The lowest BCUT2D eigenvalue weighted by molar-refractivity contribution is 0.0530. The molecule has 4 nitrogen and oxygen atoms in total. The molecule has 0 atom stereocenters. The predicted octanol–water partition coefficient (Wildman–Crippen LogP) is 5.71. The Morgan fingerprint density at radius 1 is 1.25 bits per heavy atom. The van der Waals surface area contributed by atoms with Gasteiger partial charge in [0.15, 0.2) is 0 Å². The normalized spacial score (nSPS) is 10.8. The molecule has 0 radical (unpaired) electrons. The molecule has 3 aromatic rings. The van der Waals surface area contributed by atoms with E-state index in [2.05, 4.69) is 5.32 Å². The van der Waals surface area contributed by atoms with Gasteiger partial charge >= 0.3 is 5.97 Å². The van der Waals surface area contributed by atoms with Gasteiger partial charge in [0, 0.05) is 10.1 Å². The molecule has 0 saturated heterocycles. The number of hydrogen-bond donors (Lipinski definition) is 2. The number of carbonyl (C=O) groups excluding carboxylic acids is 1. The Hall–Kier alpha value is -1.95. The van der Waals surface area contributed by atoms with Crippen LogP contribution in [0.15, 0.2) is 36.4 Å². The summed E-state index contributed by atoms with van der Waals surface area (Å²) in [6.45, 7) is 2.08. The maximum absolute atomic E-state index is 12.4. The Morgan fingerprint density at radius 2 is 1.96 bits per heavy atom. The van der Waals surface area contributed by atoms with Gasteiger partial charge in [0.2, 0.25) is 0 Å². The van der Waals surface area contributed by atoms with Crippen molar-refractivity contribution in [2.75, 3.05) is 17.7 Å². The smallest absolute Gasteiger partial charge is 0.341 e. The first-order valence-corrected chi connectivity index (χ1v) is 8.78. The number of ether oxygens (including phenoxy) is 1. The van der Waals surface area contributed by atoms with E-state index in [9.17, 15) is 4.79 Å². The van der Waals surface area contributed by atoms with E-state index in [0.717, 1.165) is 10.1 Å². The van der Waals surface area contributed by atoms with Gasteiger partial charge in [-0.15, -0.1) is 11.3 Å². The number of carbonyl (C=O) groups is 1. The van der Waals surface area contributed by atoms with Crippen LogP contribution in [0.1, 0.15) is 17.3 Å². The van der Waals surface area contributed by atoms with Crippen LogP contribution >= 0.6 is 34.5 Å². The summed E-state index contributed by atoms with van der Waals surface area (Å²) in [4.78, 5) is 12.4. The quantitative estimate of drug-likeness (QED) is 0.449. The first-order valence-electron chi connectivity index (χ1n) is 7.21. The molecular formula is C17H14Cl2N2O2S. The number of anilines is 3. The predicted molar refractivity (Wildman–Crippen MR) is 102 cm³/mol. The Kier molecular flexibility index (Phi) is 4.85. The SMILES string of the molecule is CCOC(=O)c1c(Nc2cc(Cl)c(Cl)cc2N)sc2ccccc12. The molecule has 24 heavy (non-hydrogen) atoms. The molecule has 0 fully saturated rings. The number of hydrogen-bond acceptors (Lipinski definition) is 5. The maximum atomic E-state index is 12.4. The summed E-state index contributed by atoms with van der Waals surface area (Å²) in [6.07, 6.45) is 0. The minimum Gasteiger partial charge on any atom is -0.462 e. The molecule has 0 bridgehead atoms. The van der Waals surface area contributed by atoms with Crippen molar-refractivity contribution in [1.82, 2.24) is 0 Å². The fourth-order valence-corrected chi connectivity index (χ4v) is 3.77. The van der Waals surface area contributed by atoms with Crippen LogP contribution in [0.4, 0.5) is 16.4 Å². The lowest BCUT2D eigenvalue weighted by Crippen LogP contribution is -2.06. The minimum atomic E-state index is -0.379. The van der Waals surface area contributed by atoms with Crippen molar-refractivity contribution in [3.05, 3.63) is 52.0 Å². The molecule has 0 amide bonds. The van der Waals surface area contributed by atoms with Crippen molar-refractivity contribution in [2.45, 2.75) is 6.92 Å². The zero-order chi connectivity index (χ0) is 17.3. The van der Waals surface area contributed by atoms with Gasteiger partial charge in [-0.05, 0) is 25.1 Å². The number of esters is 1. The van der Waals surface area contributed by atoms with Gasteiger partial charge in [-0.3, -0.25) is 0 Å². The van der Waals surface area contributed by atoms with Gasteiger partial charge in [-0.1, -0.05) is 41.4 Å². The van der Waals surface area contributed by atoms with Gasteiger partial charge in [0.1, 0.15) is 10.6 Å². The summed E-state index contributed by atoms with van der Waals surface area (Å²) in [5.41, 5.74) is 7.51. The zero-order valence-electron chi connectivity index (χ0n) is 12.7. The van der Waals surface area contributed by atoms with Gasteiger partial charge in [0.05, 0.1) is 28.0 Å². The number of benzene rings is 2. The number of thiophene rings is 1. The van der Waals surface area contributed by atoms with E-state index >= 15 is 0 Å². The Balaban J connectivity index is 2.11. The van der Waals surface area contributed by atoms with Gasteiger partial charge in [-0.25, -0.2) is 4.79 Å². The molecule has 3 N–H and O–H groups in total. The lowest BCUT2D eigenvalue weighted by Gasteiger charge is -2.11. The fourth-order valence-electron chi connectivity index (χ4n) is 2.33. The minimum absolute atomic E-state index is 0.303. The second kappa shape index (κ2) is 6.89. The standard InChI is InChI=1S/C17H14Cl2N2O2S/c1-2-23-17(22)15-9-5-3-4-6-14(9)24-16(15)21-13-8-11(19)10(18)7-12(13)20/h3-8,21H,2,20H2,1H3. The molecule has 1 aromatic heterocycles. The number of fused-ring (bicyclic) bond motifs is 1. The average molecular weight is 381 g/mol. The first-order chi connectivity index (χ1) is 11.5. The van der Waals surface area contributed by atoms with Crippen LogP contribution in [0.3, 0.4) is 0 Å². The Morgan fingerprint density at radius 3 is 2.71 bits per heavy atom.